The second kappa shape index (κ2) is 4.14. The van der Waals surface area contributed by atoms with Crippen molar-refractivity contribution in [3.63, 3.8) is 0 Å². The third-order valence-corrected chi connectivity index (χ3v) is 3.03. The van der Waals surface area contributed by atoms with Gasteiger partial charge in [-0.3, -0.25) is 4.98 Å². The smallest absolute Gasteiger partial charge is 0.0755 e. The van der Waals surface area contributed by atoms with E-state index in [0.717, 1.165) is 28.7 Å². The van der Waals surface area contributed by atoms with Crippen molar-refractivity contribution < 1.29 is 0 Å². The van der Waals surface area contributed by atoms with Gasteiger partial charge in [-0.1, -0.05) is 6.92 Å². The van der Waals surface area contributed by atoms with Gasteiger partial charge in [-0.15, -0.1) is 0 Å². The van der Waals surface area contributed by atoms with E-state index < -0.39 is 0 Å². The van der Waals surface area contributed by atoms with E-state index in [1.54, 1.807) is 6.20 Å². The maximum absolute atomic E-state index is 5.78. The van der Waals surface area contributed by atoms with Gasteiger partial charge in [0.05, 0.1) is 17.4 Å². The Hall–Kier alpha value is -2.36. The Bertz CT molecular complexity index is 700. The molecule has 0 aliphatic rings. The molecule has 18 heavy (non-hydrogen) atoms. The van der Waals surface area contributed by atoms with Crippen LogP contribution in [0.15, 0.2) is 42.9 Å². The monoisotopic (exact) mass is 238 g/mol. The van der Waals surface area contributed by atoms with Gasteiger partial charge < -0.3 is 5.73 Å². The number of rotatable bonds is 2. The number of aromatic nitrogens is 3. The average molecular weight is 238 g/mol. The summed E-state index contributed by atoms with van der Waals surface area (Å²) in [5, 5.41) is 5.44. The van der Waals surface area contributed by atoms with E-state index >= 15 is 0 Å². The fourth-order valence-electron chi connectivity index (χ4n) is 2.02. The van der Waals surface area contributed by atoms with Crippen LogP contribution in [0.2, 0.25) is 0 Å². The molecular weight excluding hydrogens is 224 g/mol. The summed E-state index contributed by atoms with van der Waals surface area (Å²) in [6.45, 7) is 2.12. The number of fused-ring (bicyclic) bond motifs is 1. The number of benzene rings is 1. The van der Waals surface area contributed by atoms with Crippen molar-refractivity contribution >= 4 is 16.6 Å². The first-order chi connectivity index (χ1) is 8.78. The molecule has 0 bridgehead atoms. The van der Waals surface area contributed by atoms with Gasteiger partial charge in [0.25, 0.3) is 0 Å². The van der Waals surface area contributed by atoms with Crippen molar-refractivity contribution in [3.8, 4) is 5.69 Å². The summed E-state index contributed by atoms with van der Waals surface area (Å²) in [6.07, 6.45) is 6.70. The van der Waals surface area contributed by atoms with Crippen molar-refractivity contribution in [1.29, 1.82) is 0 Å². The minimum absolute atomic E-state index is 0.724. The molecule has 0 aliphatic heterocycles. The van der Waals surface area contributed by atoms with Gasteiger partial charge in [-0.2, -0.15) is 5.10 Å². The van der Waals surface area contributed by atoms with E-state index in [2.05, 4.69) is 17.0 Å². The quantitative estimate of drug-likeness (QED) is 0.698. The lowest BCUT2D eigenvalue weighted by atomic mass is 10.1. The molecule has 3 rings (SSSR count). The number of anilines is 1. The predicted octanol–water partition coefficient (Wildman–Crippen LogP) is 2.57. The predicted molar refractivity (Wildman–Crippen MR) is 72.7 cm³/mol. The third-order valence-electron chi connectivity index (χ3n) is 3.03. The van der Waals surface area contributed by atoms with Gasteiger partial charge in [-0.05, 0) is 36.2 Å². The number of pyridine rings is 1. The summed E-state index contributed by atoms with van der Waals surface area (Å²) < 4.78 is 1.89. The molecule has 0 spiro atoms. The van der Waals surface area contributed by atoms with E-state index in [0.29, 0.717) is 0 Å². The van der Waals surface area contributed by atoms with Crippen LogP contribution in [0, 0.1) is 0 Å². The molecule has 0 aliphatic carbocycles. The summed E-state index contributed by atoms with van der Waals surface area (Å²) in [6, 6.07) is 7.71. The highest BCUT2D eigenvalue weighted by Crippen LogP contribution is 2.22. The molecule has 0 saturated heterocycles. The largest absolute Gasteiger partial charge is 0.399 e. The topological polar surface area (TPSA) is 56.7 Å². The van der Waals surface area contributed by atoms with E-state index in [-0.39, 0.29) is 0 Å². The number of aryl methyl sites for hydroxylation is 1. The fraction of sp³-hybridized carbons (Fsp3) is 0.143. The highest BCUT2D eigenvalue weighted by Gasteiger charge is 2.05. The molecule has 0 radical (unpaired) electrons. The van der Waals surface area contributed by atoms with Crippen LogP contribution in [0.4, 0.5) is 5.69 Å². The lowest BCUT2D eigenvalue weighted by Gasteiger charge is -2.06. The summed E-state index contributed by atoms with van der Waals surface area (Å²) in [5.74, 6) is 0. The van der Waals surface area contributed by atoms with Crippen LogP contribution >= 0.6 is 0 Å². The number of nitrogen functional groups attached to an aromatic ring is 1. The Morgan fingerprint density at radius 2 is 2.17 bits per heavy atom. The number of nitrogens with two attached hydrogens (primary N) is 1. The molecule has 2 aromatic heterocycles. The molecule has 4 heteroatoms. The van der Waals surface area contributed by atoms with Crippen LogP contribution in [0.25, 0.3) is 16.6 Å². The van der Waals surface area contributed by atoms with Gasteiger partial charge in [0, 0.05) is 23.5 Å². The second-order valence-electron chi connectivity index (χ2n) is 4.25. The molecule has 3 aromatic rings. The average Bonchev–Trinajstić information content (AvgIpc) is 2.86. The van der Waals surface area contributed by atoms with Crippen molar-refractivity contribution in [3.05, 3.63) is 48.4 Å². The first-order valence-electron chi connectivity index (χ1n) is 5.96. The highest BCUT2D eigenvalue weighted by atomic mass is 15.3. The summed E-state index contributed by atoms with van der Waals surface area (Å²) >= 11 is 0. The van der Waals surface area contributed by atoms with Gasteiger partial charge in [0.2, 0.25) is 0 Å². The molecule has 4 nitrogen and oxygen atoms in total. The standard InChI is InChI=1S/C14H14N4/c1-2-10-8-17-18(9-10)14-5-6-16-13-7-11(15)3-4-12(13)14/h3-9H,2,15H2,1H3. The maximum Gasteiger partial charge on any atom is 0.0755 e. The lowest BCUT2D eigenvalue weighted by Crippen LogP contribution is -1.97. The maximum atomic E-state index is 5.78. The van der Waals surface area contributed by atoms with E-state index in [1.165, 1.54) is 5.56 Å². The van der Waals surface area contributed by atoms with Crippen LogP contribution in [0.3, 0.4) is 0 Å². The molecule has 0 atom stereocenters. The molecule has 90 valence electrons. The SMILES string of the molecule is CCc1cnn(-c2ccnc3cc(N)ccc23)c1. The number of nitrogens with zero attached hydrogens (tertiary/aromatic N) is 3. The van der Waals surface area contributed by atoms with Crippen LogP contribution in [-0.2, 0) is 6.42 Å². The highest BCUT2D eigenvalue weighted by molar-refractivity contribution is 5.88. The first kappa shape index (κ1) is 10.8. The van der Waals surface area contributed by atoms with E-state index in [1.807, 2.05) is 41.3 Å². The molecule has 1 aromatic carbocycles. The zero-order valence-electron chi connectivity index (χ0n) is 10.2. The molecular formula is C14H14N4. The van der Waals surface area contributed by atoms with Crippen LogP contribution in [0.1, 0.15) is 12.5 Å². The van der Waals surface area contributed by atoms with Crippen LogP contribution < -0.4 is 5.73 Å². The summed E-state index contributed by atoms with van der Waals surface area (Å²) in [7, 11) is 0. The Morgan fingerprint density at radius 1 is 1.28 bits per heavy atom. The normalized spacial score (nSPS) is 10.9. The van der Waals surface area contributed by atoms with Crippen molar-refractivity contribution in [2.75, 3.05) is 5.73 Å². The molecule has 0 fully saturated rings. The molecule has 2 heterocycles. The van der Waals surface area contributed by atoms with Gasteiger partial charge in [0.1, 0.15) is 0 Å². The van der Waals surface area contributed by atoms with Gasteiger partial charge in [0.15, 0.2) is 0 Å². The Kier molecular flexibility index (Phi) is 2.48. The van der Waals surface area contributed by atoms with E-state index in [4.69, 9.17) is 5.73 Å². The third kappa shape index (κ3) is 1.72. The Labute approximate surface area is 105 Å². The van der Waals surface area contributed by atoms with Crippen molar-refractivity contribution in [2.45, 2.75) is 13.3 Å². The minimum Gasteiger partial charge on any atom is -0.399 e. The second-order valence-corrected chi connectivity index (χ2v) is 4.25. The van der Waals surface area contributed by atoms with E-state index in [9.17, 15) is 0 Å². The fourth-order valence-corrected chi connectivity index (χ4v) is 2.02. The Morgan fingerprint density at radius 3 is 2.94 bits per heavy atom. The molecule has 2 N–H and O–H groups in total. The zero-order valence-corrected chi connectivity index (χ0v) is 10.2. The zero-order chi connectivity index (χ0) is 12.5. The lowest BCUT2D eigenvalue weighted by molar-refractivity contribution is 0.885. The van der Waals surface area contributed by atoms with Gasteiger partial charge >= 0.3 is 0 Å². The number of hydrogen-bond donors (Lipinski definition) is 1. The minimum atomic E-state index is 0.724. The van der Waals surface area contributed by atoms with Crippen LogP contribution in [-0.4, -0.2) is 14.8 Å². The summed E-state index contributed by atoms with van der Waals surface area (Å²) in [4.78, 5) is 4.33. The van der Waals surface area contributed by atoms with Crippen LogP contribution in [0.5, 0.6) is 0 Å². The summed E-state index contributed by atoms with van der Waals surface area (Å²) in [5.41, 5.74) is 9.64. The molecule has 0 amide bonds. The molecule has 0 unspecified atom stereocenters. The molecule has 0 saturated carbocycles. The van der Waals surface area contributed by atoms with Crippen molar-refractivity contribution in [1.82, 2.24) is 14.8 Å². The number of hydrogen-bond acceptors (Lipinski definition) is 3. The Balaban J connectivity index is 2.22. The van der Waals surface area contributed by atoms with Crippen molar-refractivity contribution in [2.24, 2.45) is 0 Å². The first-order valence-corrected chi connectivity index (χ1v) is 5.96. The van der Waals surface area contributed by atoms with Gasteiger partial charge in [-0.25, -0.2) is 4.68 Å².